The zero-order valence-corrected chi connectivity index (χ0v) is 12.9. The molecule has 0 saturated heterocycles. The Hall–Kier alpha value is -1.75. The number of rotatable bonds is 9. The summed E-state index contributed by atoms with van der Waals surface area (Å²) >= 11 is 0. The third-order valence-corrected chi connectivity index (χ3v) is 3.49. The zero-order valence-electron chi connectivity index (χ0n) is 12.9. The van der Waals surface area contributed by atoms with E-state index in [2.05, 4.69) is 13.8 Å². The van der Waals surface area contributed by atoms with Crippen molar-refractivity contribution in [2.75, 3.05) is 25.5 Å². The van der Waals surface area contributed by atoms with Crippen molar-refractivity contribution in [1.29, 1.82) is 0 Å². The van der Waals surface area contributed by atoms with E-state index in [1.54, 1.807) is 17.0 Å². The number of carbonyl (C=O) groups is 1. The molecular weight excluding hydrogens is 268 g/mol. The van der Waals surface area contributed by atoms with Crippen LogP contribution in [-0.2, 0) is 4.79 Å². The lowest BCUT2D eigenvalue weighted by molar-refractivity contribution is -0.134. The molecule has 0 fully saturated rings. The van der Waals surface area contributed by atoms with Gasteiger partial charge in [0, 0.05) is 24.3 Å². The number of aliphatic hydroxyl groups excluding tert-OH is 1. The van der Waals surface area contributed by atoms with E-state index in [9.17, 15) is 4.79 Å². The maximum atomic E-state index is 12.3. The molecule has 0 saturated carbocycles. The van der Waals surface area contributed by atoms with Crippen LogP contribution in [-0.4, -0.2) is 41.7 Å². The lowest BCUT2D eigenvalue weighted by Crippen LogP contribution is -2.42. The van der Waals surface area contributed by atoms with Crippen LogP contribution in [0.25, 0.3) is 0 Å². The minimum atomic E-state index is -0.0156. The maximum Gasteiger partial charge on any atom is 0.226 e. The van der Waals surface area contributed by atoms with E-state index in [-0.39, 0.29) is 18.6 Å². The number of nitrogens with two attached hydrogens (primary N) is 1. The van der Waals surface area contributed by atoms with Gasteiger partial charge in [0.05, 0.1) is 19.6 Å². The van der Waals surface area contributed by atoms with E-state index in [0.717, 1.165) is 12.8 Å². The monoisotopic (exact) mass is 294 g/mol. The molecule has 21 heavy (non-hydrogen) atoms. The van der Waals surface area contributed by atoms with Crippen molar-refractivity contribution in [3.8, 4) is 5.75 Å². The average molecular weight is 294 g/mol. The highest BCUT2D eigenvalue weighted by molar-refractivity contribution is 5.76. The van der Waals surface area contributed by atoms with Gasteiger partial charge < -0.3 is 20.5 Å². The molecule has 0 heterocycles. The normalized spacial score (nSPS) is 10.7. The lowest BCUT2D eigenvalue weighted by Gasteiger charge is -2.30. The smallest absolute Gasteiger partial charge is 0.226 e. The van der Waals surface area contributed by atoms with Crippen LogP contribution < -0.4 is 10.5 Å². The molecule has 5 heteroatoms. The third kappa shape index (κ3) is 5.63. The molecule has 0 bridgehead atoms. The van der Waals surface area contributed by atoms with Gasteiger partial charge >= 0.3 is 0 Å². The van der Waals surface area contributed by atoms with Crippen LogP contribution in [0, 0.1) is 0 Å². The predicted molar refractivity (Wildman–Crippen MR) is 84.1 cm³/mol. The number of hydrogen-bond donors (Lipinski definition) is 2. The Morgan fingerprint density at radius 3 is 2.67 bits per heavy atom. The number of amides is 1. The Labute approximate surface area is 126 Å². The summed E-state index contributed by atoms with van der Waals surface area (Å²) in [5.74, 6) is 0.681. The summed E-state index contributed by atoms with van der Waals surface area (Å²) in [6, 6.07) is 7.32. The lowest BCUT2D eigenvalue weighted by atomic mass is 10.1. The number of nitrogens with zero attached hydrogens (tertiary/aromatic N) is 1. The number of anilines is 1. The van der Waals surface area contributed by atoms with Gasteiger partial charge in [-0.15, -0.1) is 0 Å². The molecule has 0 atom stereocenters. The van der Waals surface area contributed by atoms with Gasteiger partial charge in [0.2, 0.25) is 5.91 Å². The van der Waals surface area contributed by atoms with Crippen molar-refractivity contribution < 1.29 is 14.6 Å². The Balaban J connectivity index is 2.49. The molecule has 1 aromatic rings. The summed E-state index contributed by atoms with van der Waals surface area (Å²) in [5, 5.41) is 9.12. The number of benzene rings is 1. The topological polar surface area (TPSA) is 75.8 Å². The van der Waals surface area contributed by atoms with Crippen molar-refractivity contribution in [3.05, 3.63) is 24.3 Å². The number of nitrogen functional groups attached to an aromatic ring is 1. The Kier molecular flexibility index (Phi) is 7.61. The number of hydrogen-bond acceptors (Lipinski definition) is 4. The van der Waals surface area contributed by atoms with Crippen molar-refractivity contribution in [3.63, 3.8) is 0 Å². The molecule has 5 nitrogen and oxygen atoms in total. The minimum absolute atomic E-state index is 0.0154. The van der Waals surface area contributed by atoms with E-state index in [1.165, 1.54) is 0 Å². The standard InChI is InChI=1S/C16H26N2O3/c1-3-14(4-2)18(9-10-19)16(20)8-11-21-15-7-5-6-13(17)12-15/h5-7,12,14,19H,3-4,8-11,17H2,1-2H3. The summed E-state index contributed by atoms with van der Waals surface area (Å²) in [6.07, 6.45) is 2.07. The Morgan fingerprint density at radius 1 is 1.38 bits per heavy atom. The van der Waals surface area contributed by atoms with Gasteiger partial charge in [-0.05, 0) is 25.0 Å². The quantitative estimate of drug-likeness (QED) is 0.683. The van der Waals surface area contributed by atoms with Crippen LogP contribution in [0.15, 0.2) is 24.3 Å². The van der Waals surface area contributed by atoms with Crippen molar-refractivity contribution in [2.24, 2.45) is 0 Å². The summed E-state index contributed by atoms with van der Waals surface area (Å²) < 4.78 is 5.54. The second-order valence-corrected chi connectivity index (χ2v) is 4.95. The van der Waals surface area contributed by atoms with Gasteiger partial charge in [-0.25, -0.2) is 0 Å². The van der Waals surface area contributed by atoms with Crippen LogP contribution >= 0.6 is 0 Å². The molecule has 0 aromatic heterocycles. The summed E-state index contributed by atoms with van der Waals surface area (Å²) in [4.78, 5) is 14.0. The van der Waals surface area contributed by atoms with Gasteiger partial charge in [0.15, 0.2) is 0 Å². The first-order valence-electron chi connectivity index (χ1n) is 7.51. The Bertz CT molecular complexity index is 433. The zero-order chi connectivity index (χ0) is 15.7. The van der Waals surface area contributed by atoms with E-state index in [4.69, 9.17) is 15.6 Å². The first-order valence-corrected chi connectivity index (χ1v) is 7.51. The van der Waals surface area contributed by atoms with Crippen LogP contribution in [0.5, 0.6) is 5.75 Å². The van der Waals surface area contributed by atoms with E-state index in [0.29, 0.717) is 31.0 Å². The highest BCUT2D eigenvalue weighted by Crippen LogP contribution is 2.15. The van der Waals surface area contributed by atoms with Crippen LogP contribution in [0.2, 0.25) is 0 Å². The molecule has 0 aliphatic rings. The maximum absolute atomic E-state index is 12.3. The molecule has 0 radical (unpaired) electrons. The average Bonchev–Trinajstić information content (AvgIpc) is 2.47. The molecule has 3 N–H and O–H groups in total. The van der Waals surface area contributed by atoms with E-state index >= 15 is 0 Å². The molecule has 0 spiro atoms. The van der Waals surface area contributed by atoms with Gasteiger partial charge in [-0.2, -0.15) is 0 Å². The molecule has 0 aliphatic carbocycles. The summed E-state index contributed by atoms with van der Waals surface area (Å²) in [6.45, 7) is 4.77. The van der Waals surface area contributed by atoms with Crippen LogP contribution in [0.3, 0.4) is 0 Å². The largest absolute Gasteiger partial charge is 0.493 e. The molecule has 1 aromatic carbocycles. The molecule has 118 valence electrons. The summed E-state index contributed by atoms with van der Waals surface area (Å²) in [7, 11) is 0. The first kappa shape index (κ1) is 17.3. The third-order valence-electron chi connectivity index (χ3n) is 3.49. The van der Waals surface area contributed by atoms with Crippen molar-refractivity contribution in [2.45, 2.75) is 39.2 Å². The molecule has 0 aliphatic heterocycles. The molecule has 0 unspecified atom stereocenters. The Morgan fingerprint density at radius 2 is 2.10 bits per heavy atom. The fourth-order valence-corrected chi connectivity index (χ4v) is 2.35. The SMILES string of the molecule is CCC(CC)N(CCO)C(=O)CCOc1cccc(N)c1. The number of ether oxygens (including phenoxy) is 1. The van der Waals surface area contributed by atoms with Crippen molar-refractivity contribution >= 4 is 11.6 Å². The minimum Gasteiger partial charge on any atom is -0.493 e. The predicted octanol–water partition coefficient (Wildman–Crippen LogP) is 2.05. The second kappa shape index (κ2) is 9.23. The second-order valence-electron chi connectivity index (χ2n) is 4.95. The van der Waals surface area contributed by atoms with Gasteiger partial charge in [-0.1, -0.05) is 19.9 Å². The van der Waals surface area contributed by atoms with Crippen LogP contribution in [0.1, 0.15) is 33.1 Å². The van der Waals surface area contributed by atoms with E-state index in [1.807, 2.05) is 12.1 Å². The first-order chi connectivity index (χ1) is 10.1. The number of carbonyl (C=O) groups excluding carboxylic acids is 1. The molecular formula is C16H26N2O3. The van der Waals surface area contributed by atoms with Crippen molar-refractivity contribution in [1.82, 2.24) is 4.90 Å². The van der Waals surface area contributed by atoms with E-state index < -0.39 is 0 Å². The molecule has 1 amide bonds. The number of aliphatic hydroxyl groups is 1. The van der Waals surface area contributed by atoms with Gasteiger partial charge in [0.25, 0.3) is 0 Å². The van der Waals surface area contributed by atoms with Gasteiger partial charge in [-0.3, -0.25) is 4.79 Å². The highest BCUT2D eigenvalue weighted by Gasteiger charge is 2.20. The highest BCUT2D eigenvalue weighted by atomic mass is 16.5. The van der Waals surface area contributed by atoms with Crippen LogP contribution in [0.4, 0.5) is 5.69 Å². The molecule has 1 rings (SSSR count). The fourth-order valence-electron chi connectivity index (χ4n) is 2.35. The fraction of sp³-hybridized carbons (Fsp3) is 0.562. The van der Waals surface area contributed by atoms with Gasteiger partial charge in [0.1, 0.15) is 5.75 Å². The summed E-state index contributed by atoms with van der Waals surface area (Å²) in [5.41, 5.74) is 6.31.